The third kappa shape index (κ3) is 3.59. The van der Waals surface area contributed by atoms with E-state index in [-0.39, 0.29) is 12.0 Å². The fraction of sp³-hybridized carbons (Fsp3) is 0.133. The zero-order chi connectivity index (χ0) is 14.8. The smallest absolute Gasteiger partial charge is 0.294 e. The van der Waals surface area contributed by atoms with Gasteiger partial charge in [0.15, 0.2) is 5.78 Å². The zero-order valence-corrected chi connectivity index (χ0v) is 12.4. The van der Waals surface area contributed by atoms with E-state index in [2.05, 4.69) is 22.6 Å². The van der Waals surface area contributed by atoms with Gasteiger partial charge in [-0.25, -0.2) is 0 Å². The fourth-order valence-corrected chi connectivity index (χ4v) is 2.22. The Bertz CT molecular complexity index is 618. The number of carbonyl (C=O) groups excluding carboxylic acids is 1. The Morgan fingerprint density at radius 2 is 1.60 bits per heavy atom. The predicted molar refractivity (Wildman–Crippen MR) is 78.6 cm³/mol. The highest BCUT2D eigenvalue weighted by Crippen LogP contribution is 2.32. The summed E-state index contributed by atoms with van der Waals surface area (Å²) in [5, 5.41) is 0. The summed E-state index contributed by atoms with van der Waals surface area (Å²) in [6.45, 7) is 0. The Morgan fingerprint density at radius 3 is 2.20 bits per heavy atom. The van der Waals surface area contributed by atoms with Crippen molar-refractivity contribution in [1.82, 2.24) is 0 Å². The molecule has 0 saturated carbocycles. The second-order valence-electron chi connectivity index (χ2n) is 4.27. The van der Waals surface area contributed by atoms with Crippen molar-refractivity contribution in [1.29, 1.82) is 0 Å². The average molecular weight is 390 g/mol. The number of ketones is 1. The minimum absolute atomic E-state index is 0.0377. The van der Waals surface area contributed by atoms with Crippen LogP contribution in [0.1, 0.15) is 21.5 Å². The fourth-order valence-electron chi connectivity index (χ4n) is 1.86. The first-order chi connectivity index (χ1) is 9.38. The van der Waals surface area contributed by atoms with Crippen molar-refractivity contribution < 1.29 is 18.0 Å². The van der Waals surface area contributed by atoms with Crippen LogP contribution in [-0.2, 0) is 12.6 Å². The van der Waals surface area contributed by atoms with E-state index in [0.29, 0.717) is 5.56 Å². The highest BCUT2D eigenvalue weighted by molar-refractivity contribution is 14.1. The van der Waals surface area contributed by atoms with Gasteiger partial charge in [-0.05, 0) is 46.4 Å². The van der Waals surface area contributed by atoms with Crippen molar-refractivity contribution in [2.24, 2.45) is 0 Å². The standard InChI is InChI=1S/C15H10F3IO/c16-15(17,18)13-4-2-1-3-12(13)14(20)9-10-5-7-11(19)8-6-10/h1-8H,9H2. The van der Waals surface area contributed by atoms with E-state index >= 15 is 0 Å². The molecule has 0 bridgehead atoms. The molecule has 0 unspecified atom stereocenters. The molecular weight excluding hydrogens is 380 g/mol. The Morgan fingerprint density at radius 1 is 1.00 bits per heavy atom. The first-order valence-corrected chi connectivity index (χ1v) is 6.89. The molecule has 0 aromatic heterocycles. The maximum Gasteiger partial charge on any atom is 0.417 e. The molecule has 0 heterocycles. The first-order valence-electron chi connectivity index (χ1n) is 5.82. The van der Waals surface area contributed by atoms with Gasteiger partial charge in [-0.15, -0.1) is 0 Å². The minimum Gasteiger partial charge on any atom is -0.294 e. The number of rotatable bonds is 3. The molecule has 0 radical (unpaired) electrons. The molecule has 0 N–H and O–H groups in total. The van der Waals surface area contributed by atoms with Crippen LogP contribution in [0, 0.1) is 3.57 Å². The SMILES string of the molecule is O=C(Cc1ccc(I)cc1)c1ccccc1C(F)(F)F. The second kappa shape index (κ2) is 5.95. The van der Waals surface area contributed by atoms with Crippen LogP contribution in [0.15, 0.2) is 48.5 Å². The Kier molecular flexibility index (Phi) is 4.47. The van der Waals surface area contributed by atoms with E-state index in [4.69, 9.17) is 0 Å². The summed E-state index contributed by atoms with van der Waals surface area (Å²) in [6, 6.07) is 12.0. The predicted octanol–water partition coefficient (Wildman–Crippen LogP) is 4.74. The summed E-state index contributed by atoms with van der Waals surface area (Å²) < 4.78 is 39.6. The monoisotopic (exact) mass is 390 g/mol. The molecular formula is C15H10F3IO. The van der Waals surface area contributed by atoms with Gasteiger partial charge in [-0.2, -0.15) is 13.2 Å². The number of carbonyl (C=O) groups is 1. The molecule has 20 heavy (non-hydrogen) atoms. The summed E-state index contributed by atoms with van der Waals surface area (Å²) in [4.78, 5) is 12.1. The van der Waals surface area contributed by atoms with Gasteiger partial charge in [0.25, 0.3) is 0 Å². The summed E-state index contributed by atoms with van der Waals surface area (Å²) in [5.74, 6) is -0.529. The van der Waals surface area contributed by atoms with Crippen molar-refractivity contribution in [3.63, 3.8) is 0 Å². The summed E-state index contributed by atoms with van der Waals surface area (Å²) in [5.41, 5.74) is -0.457. The first kappa shape index (κ1) is 15.0. The molecule has 0 amide bonds. The lowest BCUT2D eigenvalue weighted by Crippen LogP contribution is -2.14. The Hall–Kier alpha value is -1.37. The zero-order valence-electron chi connectivity index (χ0n) is 10.2. The maximum absolute atomic E-state index is 12.8. The quantitative estimate of drug-likeness (QED) is 0.547. The summed E-state index contributed by atoms with van der Waals surface area (Å²) in [6.07, 6.45) is -4.55. The number of hydrogen-bond donors (Lipinski definition) is 0. The van der Waals surface area contributed by atoms with Gasteiger partial charge in [-0.1, -0.05) is 30.3 Å². The van der Waals surface area contributed by atoms with Gasteiger partial charge in [0, 0.05) is 15.6 Å². The molecule has 0 fully saturated rings. The number of halogens is 4. The van der Waals surface area contributed by atoms with Crippen molar-refractivity contribution in [2.45, 2.75) is 12.6 Å². The Balaban J connectivity index is 2.28. The van der Waals surface area contributed by atoms with E-state index < -0.39 is 17.5 Å². The van der Waals surface area contributed by atoms with E-state index in [1.165, 1.54) is 18.2 Å². The molecule has 2 aromatic carbocycles. The third-order valence-electron chi connectivity index (χ3n) is 2.81. The molecule has 0 spiro atoms. The van der Waals surface area contributed by atoms with Crippen LogP contribution in [0.2, 0.25) is 0 Å². The van der Waals surface area contributed by atoms with Crippen LogP contribution >= 0.6 is 22.6 Å². The van der Waals surface area contributed by atoms with Crippen molar-refractivity contribution >= 4 is 28.4 Å². The van der Waals surface area contributed by atoms with Crippen molar-refractivity contribution in [3.8, 4) is 0 Å². The lowest BCUT2D eigenvalue weighted by atomic mass is 9.98. The Labute approximate surface area is 128 Å². The van der Waals surface area contributed by atoms with Crippen LogP contribution in [0.3, 0.4) is 0 Å². The van der Waals surface area contributed by atoms with E-state index in [1.807, 2.05) is 12.1 Å². The van der Waals surface area contributed by atoms with E-state index in [9.17, 15) is 18.0 Å². The molecule has 2 rings (SSSR count). The topological polar surface area (TPSA) is 17.1 Å². The number of benzene rings is 2. The molecule has 104 valence electrons. The number of hydrogen-bond acceptors (Lipinski definition) is 1. The second-order valence-corrected chi connectivity index (χ2v) is 5.52. The van der Waals surface area contributed by atoms with Gasteiger partial charge in [-0.3, -0.25) is 4.79 Å². The number of Topliss-reactive ketones (excluding diaryl/α,β-unsaturated/α-hetero) is 1. The molecule has 0 atom stereocenters. The van der Waals surface area contributed by atoms with Crippen LogP contribution < -0.4 is 0 Å². The van der Waals surface area contributed by atoms with Gasteiger partial charge >= 0.3 is 6.18 Å². The van der Waals surface area contributed by atoms with Crippen molar-refractivity contribution in [2.75, 3.05) is 0 Å². The van der Waals surface area contributed by atoms with E-state index in [1.54, 1.807) is 12.1 Å². The number of alkyl halides is 3. The summed E-state index contributed by atoms with van der Waals surface area (Å²) >= 11 is 2.12. The molecule has 0 saturated heterocycles. The molecule has 0 aliphatic rings. The average Bonchev–Trinajstić information content (AvgIpc) is 2.40. The maximum atomic E-state index is 12.8. The molecule has 0 aliphatic heterocycles. The summed E-state index contributed by atoms with van der Waals surface area (Å²) in [7, 11) is 0. The lowest BCUT2D eigenvalue weighted by molar-refractivity contribution is -0.137. The molecule has 0 aliphatic carbocycles. The normalized spacial score (nSPS) is 11.4. The molecule has 1 nitrogen and oxygen atoms in total. The van der Waals surface area contributed by atoms with Crippen LogP contribution in [0.4, 0.5) is 13.2 Å². The van der Waals surface area contributed by atoms with E-state index in [0.717, 1.165) is 9.64 Å². The highest BCUT2D eigenvalue weighted by Gasteiger charge is 2.34. The largest absolute Gasteiger partial charge is 0.417 e. The van der Waals surface area contributed by atoms with Gasteiger partial charge in [0.05, 0.1) is 5.56 Å². The third-order valence-corrected chi connectivity index (χ3v) is 3.53. The van der Waals surface area contributed by atoms with Crippen LogP contribution in [0.25, 0.3) is 0 Å². The molecule has 2 aromatic rings. The highest BCUT2D eigenvalue weighted by atomic mass is 127. The lowest BCUT2D eigenvalue weighted by Gasteiger charge is -2.11. The van der Waals surface area contributed by atoms with Gasteiger partial charge in [0.2, 0.25) is 0 Å². The van der Waals surface area contributed by atoms with Crippen LogP contribution in [-0.4, -0.2) is 5.78 Å². The molecule has 5 heteroatoms. The van der Waals surface area contributed by atoms with Crippen LogP contribution in [0.5, 0.6) is 0 Å². The van der Waals surface area contributed by atoms with Gasteiger partial charge < -0.3 is 0 Å². The van der Waals surface area contributed by atoms with Gasteiger partial charge in [0.1, 0.15) is 0 Å². The van der Waals surface area contributed by atoms with Crippen molar-refractivity contribution in [3.05, 3.63) is 68.8 Å². The minimum atomic E-state index is -4.52.